The van der Waals surface area contributed by atoms with Crippen LogP contribution in [0, 0.1) is 5.92 Å². The van der Waals surface area contributed by atoms with Crippen molar-refractivity contribution in [2.75, 3.05) is 37.7 Å². The van der Waals surface area contributed by atoms with Crippen molar-refractivity contribution in [3.05, 3.63) is 17.5 Å². The third-order valence-corrected chi connectivity index (χ3v) is 7.02. The van der Waals surface area contributed by atoms with Crippen molar-refractivity contribution in [3.63, 3.8) is 0 Å². The molecule has 1 aromatic heterocycles. The summed E-state index contributed by atoms with van der Waals surface area (Å²) in [4.78, 5) is 14.6. The van der Waals surface area contributed by atoms with Crippen molar-refractivity contribution >= 4 is 5.95 Å². The fourth-order valence-corrected chi connectivity index (χ4v) is 5.04. The molecule has 0 unspecified atom stereocenters. The standard InChI is InChI=1S/C22H37N5O/c1-16(2)26-12-8-18(9-13-26)24-20-4-3-5-21-19(20)14-23-22(25-21)27-10-6-17(15-28)7-11-27/h14,16-18,20,24,28H,3-13,15H2,1-2H3/t20-/m0/s1. The summed E-state index contributed by atoms with van der Waals surface area (Å²) in [5.41, 5.74) is 2.57. The molecule has 0 bridgehead atoms. The number of hydrogen-bond donors (Lipinski definition) is 2. The Bertz CT molecular complexity index is 636. The largest absolute Gasteiger partial charge is 0.396 e. The van der Waals surface area contributed by atoms with E-state index >= 15 is 0 Å². The second-order valence-corrected chi connectivity index (χ2v) is 9.20. The number of fused-ring (bicyclic) bond motifs is 1. The molecule has 6 nitrogen and oxygen atoms in total. The van der Waals surface area contributed by atoms with E-state index in [2.05, 4.69) is 35.2 Å². The van der Waals surface area contributed by atoms with Crippen molar-refractivity contribution in [2.45, 2.75) is 76.9 Å². The van der Waals surface area contributed by atoms with Gasteiger partial charge in [0.15, 0.2) is 0 Å². The van der Waals surface area contributed by atoms with E-state index in [1.54, 1.807) is 0 Å². The minimum absolute atomic E-state index is 0.308. The summed E-state index contributed by atoms with van der Waals surface area (Å²) in [5, 5.41) is 13.3. The maximum Gasteiger partial charge on any atom is 0.225 e. The summed E-state index contributed by atoms with van der Waals surface area (Å²) in [5.74, 6) is 1.34. The first-order valence-corrected chi connectivity index (χ1v) is 11.4. The number of anilines is 1. The van der Waals surface area contributed by atoms with E-state index in [-0.39, 0.29) is 0 Å². The Morgan fingerprint density at radius 3 is 2.54 bits per heavy atom. The van der Waals surface area contributed by atoms with Crippen LogP contribution in [0.3, 0.4) is 0 Å². The molecular weight excluding hydrogens is 350 g/mol. The highest BCUT2D eigenvalue weighted by molar-refractivity contribution is 5.36. The number of aliphatic hydroxyl groups excluding tert-OH is 1. The van der Waals surface area contributed by atoms with Crippen LogP contribution >= 0.6 is 0 Å². The highest BCUT2D eigenvalue weighted by atomic mass is 16.3. The van der Waals surface area contributed by atoms with Gasteiger partial charge >= 0.3 is 0 Å². The topological polar surface area (TPSA) is 64.5 Å². The third kappa shape index (κ3) is 4.50. The van der Waals surface area contributed by atoms with Crippen molar-refractivity contribution < 1.29 is 5.11 Å². The number of hydrogen-bond acceptors (Lipinski definition) is 6. The summed E-state index contributed by atoms with van der Waals surface area (Å²) in [6.07, 6.45) is 10.1. The van der Waals surface area contributed by atoms with Crippen molar-refractivity contribution in [1.82, 2.24) is 20.2 Å². The van der Waals surface area contributed by atoms with Crippen LogP contribution in [0.15, 0.2) is 6.20 Å². The summed E-state index contributed by atoms with van der Waals surface area (Å²) in [6, 6.07) is 1.68. The normalized spacial score (nSPS) is 25.3. The molecule has 6 heteroatoms. The molecule has 1 atom stereocenters. The number of aromatic nitrogens is 2. The van der Waals surface area contributed by atoms with Crippen LogP contribution in [0.2, 0.25) is 0 Å². The van der Waals surface area contributed by atoms with Gasteiger partial charge in [-0.05, 0) is 77.8 Å². The summed E-state index contributed by atoms with van der Waals surface area (Å²) in [7, 11) is 0. The van der Waals surface area contributed by atoms with Gasteiger partial charge in [0.25, 0.3) is 0 Å². The van der Waals surface area contributed by atoms with Gasteiger partial charge in [-0.15, -0.1) is 0 Å². The van der Waals surface area contributed by atoms with Crippen LogP contribution in [-0.2, 0) is 6.42 Å². The van der Waals surface area contributed by atoms with Crippen LogP contribution in [-0.4, -0.2) is 64.8 Å². The van der Waals surface area contributed by atoms with E-state index in [1.807, 2.05) is 0 Å². The Hall–Kier alpha value is -1.24. The van der Waals surface area contributed by atoms with E-state index in [4.69, 9.17) is 9.97 Å². The molecule has 2 fully saturated rings. The number of aryl methyl sites for hydroxylation is 1. The zero-order valence-corrected chi connectivity index (χ0v) is 17.6. The molecule has 0 spiro atoms. The fourth-order valence-electron chi connectivity index (χ4n) is 5.04. The van der Waals surface area contributed by atoms with Gasteiger partial charge in [-0.3, -0.25) is 0 Å². The van der Waals surface area contributed by atoms with Gasteiger partial charge in [-0.2, -0.15) is 0 Å². The Morgan fingerprint density at radius 1 is 1.11 bits per heavy atom. The van der Waals surface area contributed by atoms with Gasteiger partial charge in [0.2, 0.25) is 5.95 Å². The number of rotatable bonds is 5. The van der Waals surface area contributed by atoms with E-state index in [0.29, 0.717) is 30.7 Å². The van der Waals surface area contributed by atoms with E-state index < -0.39 is 0 Å². The fraction of sp³-hybridized carbons (Fsp3) is 0.818. The van der Waals surface area contributed by atoms with E-state index in [0.717, 1.165) is 38.3 Å². The first-order chi connectivity index (χ1) is 13.6. The number of nitrogens with one attached hydrogen (secondary N) is 1. The second-order valence-electron chi connectivity index (χ2n) is 9.20. The highest BCUT2D eigenvalue weighted by Gasteiger charge is 2.28. The Morgan fingerprint density at radius 2 is 1.86 bits per heavy atom. The highest BCUT2D eigenvalue weighted by Crippen LogP contribution is 2.31. The van der Waals surface area contributed by atoms with Gasteiger partial charge in [-0.25, -0.2) is 9.97 Å². The lowest BCUT2D eigenvalue weighted by Gasteiger charge is -2.38. The molecule has 0 saturated carbocycles. The van der Waals surface area contributed by atoms with Crippen molar-refractivity contribution in [3.8, 4) is 0 Å². The van der Waals surface area contributed by atoms with Gasteiger partial charge in [-0.1, -0.05) is 0 Å². The zero-order chi connectivity index (χ0) is 19.5. The molecule has 0 amide bonds. The molecule has 2 N–H and O–H groups in total. The lowest BCUT2D eigenvalue weighted by molar-refractivity contribution is 0.154. The Labute approximate surface area is 169 Å². The molecule has 3 aliphatic rings. The lowest BCUT2D eigenvalue weighted by Crippen LogP contribution is -2.46. The van der Waals surface area contributed by atoms with Crippen molar-refractivity contribution in [1.29, 1.82) is 0 Å². The van der Waals surface area contributed by atoms with Crippen LogP contribution in [0.4, 0.5) is 5.95 Å². The van der Waals surface area contributed by atoms with Gasteiger partial charge in [0.05, 0.1) is 5.69 Å². The molecule has 156 valence electrons. The maximum atomic E-state index is 9.35. The van der Waals surface area contributed by atoms with E-state index in [1.165, 1.54) is 50.0 Å². The average molecular weight is 388 g/mol. The van der Waals surface area contributed by atoms with Crippen molar-refractivity contribution in [2.24, 2.45) is 5.92 Å². The summed E-state index contributed by atoms with van der Waals surface area (Å²) in [6.45, 7) is 9.23. The summed E-state index contributed by atoms with van der Waals surface area (Å²) >= 11 is 0. The molecule has 4 rings (SSSR count). The Kier molecular flexibility index (Phi) is 6.48. The van der Waals surface area contributed by atoms with Crippen LogP contribution in [0.25, 0.3) is 0 Å². The first kappa shape index (κ1) is 20.0. The van der Waals surface area contributed by atoms with Crippen LogP contribution in [0.1, 0.15) is 69.7 Å². The molecule has 2 aliphatic heterocycles. The predicted molar refractivity (Wildman–Crippen MR) is 113 cm³/mol. The minimum atomic E-state index is 0.308. The quantitative estimate of drug-likeness (QED) is 0.809. The smallest absolute Gasteiger partial charge is 0.225 e. The molecule has 1 aromatic rings. The third-order valence-electron chi connectivity index (χ3n) is 7.02. The number of piperidine rings is 2. The lowest BCUT2D eigenvalue weighted by atomic mass is 9.90. The first-order valence-electron chi connectivity index (χ1n) is 11.4. The molecule has 1 aliphatic carbocycles. The molecule has 2 saturated heterocycles. The maximum absolute atomic E-state index is 9.35. The molecule has 3 heterocycles. The number of nitrogens with zero attached hydrogens (tertiary/aromatic N) is 4. The van der Waals surface area contributed by atoms with Gasteiger partial charge < -0.3 is 20.2 Å². The predicted octanol–water partition coefficient (Wildman–Crippen LogP) is 2.53. The van der Waals surface area contributed by atoms with E-state index in [9.17, 15) is 5.11 Å². The summed E-state index contributed by atoms with van der Waals surface area (Å²) < 4.78 is 0. The average Bonchev–Trinajstić information content (AvgIpc) is 2.74. The monoisotopic (exact) mass is 387 g/mol. The molecular formula is C22H37N5O. The molecule has 0 aromatic carbocycles. The van der Waals surface area contributed by atoms with Gasteiger partial charge in [0.1, 0.15) is 0 Å². The van der Waals surface area contributed by atoms with Gasteiger partial charge in [0, 0.05) is 49.6 Å². The second kappa shape index (κ2) is 9.06. The Balaban J connectivity index is 1.38. The van der Waals surface area contributed by atoms with Crippen LogP contribution < -0.4 is 10.2 Å². The molecule has 28 heavy (non-hydrogen) atoms. The van der Waals surface area contributed by atoms with Crippen LogP contribution in [0.5, 0.6) is 0 Å². The number of aliphatic hydroxyl groups is 1. The SMILES string of the molecule is CC(C)N1CCC(N[C@H]2CCCc3nc(N4CCC(CO)CC4)ncc32)CC1. The zero-order valence-electron chi connectivity index (χ0n) is 17.6. The minimum Gasteiger partial charge on any atom is -0.396 e. The molecule has 0 radical (unpaired) electrons. The number of likely N-dealkylation sites (tertiary alicyclic amines) is 1.